The minimum Gasteiger partial charge on any atom is -0.396 e. The molecule has 1 unspecified atom stereocenters. The summed E-state index contributed by atoms with van der Waals surface area (Å²) in [4.78, 5) is 4.22. The number of halogens is 2. The van der Waals surface area contributed by atoms with Gasteiger partial charge in [-0.3, -0.25) is 0 Å². The van der Waals surface area contributed by atoms with E-state index in [2.05, 4.69) is 33.2 Å². The van der Waals surface area contributed by atoms with Crippen molar-refractivity contribution in [1.29, 1.82) is 0 Å². The second-order valence-electron chi connectivity index (χ2n) is 4.03. The zero-order valence-corrected chi connectivity index (χ0v) is 12.3. The Kier molecular flexibility index (Phi) is 6.85. The Balaban J connectivity index is 2.52. The van der Waals surface area contributed by atoms with Crippen LogP contribution in [0.2, 0.25) is 5.02 Å². The summed E-state index contributed by atoms with van der Waals surface area (Å²) < 4.78 is 0.869. The van der Waals surface area contributed by atoms with Gasteiger partial charge in [0, 0.05) is 23.8 Å². The van der Waals surface area contributed by atoms with Crippen LogP contribution in [-0.4, -0.2) is 23.2 Å². The number of aromatic nitrogens is 1. The van der Waals surface area contributed by atoms with Crippen LogP contribution in [-0.2, 0) is 0 Å². The van der Waals surface area contributed by atoms with Crippen LogP contribution in [0, 0.1) is 5.92 Å². The molecule has 1 rings (SSSR count). The maximum absolute atomic E-state index is 8.98. The molecule has 1 atom stereocenters. The molecule has 5 heteroatoms. The largest absolute Gasteiger partial charge is 0.396 e. The lowest BCUT2D eigenvalue weighted by molar-refractivity contribution is 0.255. The van der Waals surface area contributed by atoms with Crippen molar-refractivity contribution in [3.05, 3.63) is 21.8 Å². The summed E-state index contributed by atoms with van der Waals surface area (Å²) >= 11 is 9.38. The van der Waals surface area contributed by atoms with Crippen LogP contribution in [0.5, 0.6) is 0 Å². The van der Waals surface area contributed by atoms with Crippen molar-refractivity contribution in [2.45, 2.75) is 26.2 Å². The van der Waals surface area contributed by atoms with Crippen LogP contribution < -0.4 is 5.32 Å². The monoisotopic (exact) mass is 320 g/mol. The van der Waals surface area contributed by atoms with E-state index < -0.39 is 0 Å². The lowest BCUT2D eigenvalue weighted by Gasteiger charge is -2.16. The number of anilines is 1. The first-order valence-electron chi connectivity index (χ1n) is 5.83. The fourth-order valence-corrected chi connectivity index (χ4v) is 2.42. The second-order valence-corrected chi connectivity index (χ2v) is 5.35. The highest BCUT2D eigenvalue weighted by Gasteiger charge is 2.09. The Hall–Kier alpha value is -0.320. The standard InChI is InChI=1S/C12H18BrClN2O/c1-2-3-9(4-5-17)7-15-12-11(14)6-10(13)8-16-12/h6,8-9,17H,2-5,7H2,1H3,(H,15,16). The third-order valence-corrected chi connectivity index (χ3v) is 3.32. The fraction of sp³-hybridized carbons (Fsp3) is 0.583. The molecule has 0 amide bonds. The molecular weight excluding hydrogens is 304 g/mol. The van der Waals surface area contributed by atoms with E-state index >= 15 is 0 Å². The Morgan fingerprint density at radius 2 is 2.29 bits per heavy atom. The van der Waals surface area contributed by atoms with Gasteiger partial charge in [-0.25, -0.2) is 4.98 Å². The third-order valence-electron chi connectivity index (χ3n) is 2.60. The van der Waals surface area contributed by atoms with Crippen LogP contribution in [0.4, 0.5) is 5.82 Å². The van der Waals surface area contributed by atoms with Gasteiger partial charge in [0.2, 0.25) is 0 Å². The van der Waals surface area contributed by atoms with E-state index in [-0.39, 0.29) is 6.61 Å². The van der Waals surface area contributed by atoms with Gasteiger partial charge in [0.15, 0.2) is 0 Å². The summed E-state index contributed by atoms with van der Waals surface area (Å²) in [6.07, 6.45) is 4.75. The molecular formula is C12H18BrClN2O. The number of hydrogen-bond donors (Lipinski definition) is 2. The molecule has 0 fully saturated rings. The molecule has 0 aliphatic carbocycles. The van der Waals surface area contributed by atoms with Crippen molar-refractivity contribution in [2.75, 3.05) is 18.5 Å². The quantitative estimate of drug-likeness (QED) is 0.804. The predicted octanol–water partition coefficient (Wildman–Crippen LogP) is 3.71. The summed E-state index contributed by atoms with van der Waals surface area (Å²) in [5.41, 5.74) is 0. The Labute approximate surface area is 116 Å². The normalized spacial score (nSPS) is 12.5. The number of aliphatic hydroxyl groups excluding tert-OH is 1. The molecule has 96 valence electrons. The molecule has 1 heterocycles. The number of nitrogens with one attached hydrogen (secondary N) is 1. The minimum absolute atomic E-state index is 0.230. The van der Waals surface area contributed by atoms with Crippen molar-refractivity contribution in [3.63, 3.8) is 0 Å². The van der Waals surface area contributed by atoms with Crippen LogP contribution in [0.25, 0.3) is 0 Å². The molecule has 17 heavy (non-hydrogen) atoms. The smallest absolute Gasteiger partial charge is 0.144 e. The van der Waals surface area contributed by atoms with E-state index in [0.717, 1.165) is 30.3 Å². The summed E-state index contributed by atoms with van der Waals surface area (Å²) in [7, 11) is 0. The van der Waals surface area contributed by atoms with Crippen molar-refractivity contribution in [1.82, 2.24) is 4.98 Å². The molecule has 1 aromatic rings. The topological polar surface area (TPSA) is 45.1 Å². The lowest BCUT2D eigenvalue weighted by atomic mass is 10.0. The van der Waals surface area contributed by atoms with E-state index in [1.165, 1.54) is 0 Å². The average molecular weight is 322 g/mol. The van der Waals surface area contributed by atoms with Crippen molar-refractivity contribution >= 4 is 33.3 Å². The molecule has 0 spiro atoms. The van der Waals surface area contributed by atoms with E-state index in [1.807, 2.05) is 6.07 Å². The Bertz CT molecular complexity index is 343. The third kappa shape index (κ3) is 5.23. The highest BCUT2D eigenvalue weighted by atomic mass is 79.9. The minimum atomic E-state index is 0.230. The SMILES string of the molecule is CCCC(CCO)CNc1ncc(Br)cc1Cl. The van der Waals surface area contributed by atoms with Gasteiger partial charge in [0.1, 0.15) is 5.82 Å². The summed E-state index contributed by atoms with van der Waals surface area (Å²) in [6.45, 7) is 3.17. The number of rotatable bonds is 7. The average Bonchev–Trinajstić information content (AvgIpc) is 2.28. The lowest BCUT2D eigenvalue weighted by Crippen LogP contribution is -2.16. The van der Waals surface area contributed by atoms with Crippen LogP contribution in [0.15, 0.2) is 16.7 Å². The van der Waals surface area contributed by atoms with E-state index in [9.17, 15) is 0 Å². The first kappa shape index (κ1) is 14.7. The van der Waals surface area contributed by atoms with Gasteiger partial charge in [0.05, 0.1) is 5.02 Å². The summed E-state index contributed by atoms with van der Waals surface area (Å²) in [5.74, 6) is 1.17. The van der Waals surface area contributed by atoms with Gasteiger partial charge < -0.3 is 10.4 Å². The molecule has 0 saturated heterocycles. The van der Waals surface area contributed by atoms with E-state index in [0.29, 0.717) is 16.8 Å². The Morgan fingerprint density at radius 3 is 2.88 bits per heavy atom. The van der Waals surface area contributed by atoms with Gasteiger partial charge in [-0.05, 0) is 40.8 Å². The van der Waals surface area contributed by atoms with Gasteiger partial charge in [-0.15, -0.1) is 0 Å². The fourth-order valence-electron chi connectivity index (χ4n) is 1.72. The molecule has 2 N–H and O–H groups in total. The molecule has 0 saturated carbocycles. The number of hydrogen-bond acceptors (Lipinski definition) is 3. The number of aliphatic hydroxyl groups is 1. The summed E-state index contributed by atoms with van der Waals surface area (Å²) in [6, 6.07) is 1.82. The zero-order valence-electron chi connectivity index (χ0n) is 9.92. The van der Waals surface area contributed by atoms with Gasteiger partial charge in [-0.1, -0.05) is 24.9 Å². The Morgan fingerprint density at radius 1 is 1.53 bits per heavy atom. The highest BCUT2D eigenvalue weighted by molar-refractivity contribution is 9.10. The van der Waals surface area contributed by atoms with E-state index in [1.54, 1.807) is 6.20 Å². The van der Waals surface area contributed by atoms with E-state index in [4.69, 9.17) is 16.7 Å². The van der Waals surface area contributed by atoms with Crippen LogP contribution in [0.3, 0.4) is 0 Å². The first-order valence-corrected chi connectivity index (χ1v) is 7.00. The van der Waals surface area contributed by atoms with Crippen LogP contribution in [0.1, 0.15) is 26.2 Å². The highest BCUT2D eigenvalue weighted by Crippen LogP contribution is 2.23. The maximum atomic E-state index is 8.98. The van der Waals surface area contributed by atoms with Crippen molar-refractivity contribution in [3.8, 4) is 0 Å². The van der Waals surface area contributed by atoms with Gasteiger partial charge in [0.25, 0.3) is 0 Å². The van der Waals surface area contributed by atoms with Crippen molar-refractivity contribution < 1.29 is 5.11 Å². The van der Waals surface area contributed by atoms with Gasteiger partial charge >= 0.3 is 0 Å². The summed E-state index contributed by atoms with van der Waals surface area (Å²) in [5, 5.41) is 12.8. The molecule has 1 aromatic heterocycles. The molecule has 0 radical (unpaired) electrons. The molecule has 0 aromatic carbocycles. The maximum Gasteiger partial charge on any atom is 0.144 e. The van der Waals surface area contributed by atoms with Crippen molar-refractivity contribution in [2.24, 2.45) is 5.92 Å². The molecule has 0 aliphatic heterocycles. The van der Waals surface area contributed by atoms with Crippen LogP contribution >= 0.6 is 27.5 Å². The second kappa shape index (κ2) is 7.90. The zero-order chi connectivity index (χ0) is 12.7. The molecule has 0 bridgehead atoms. The first-order chi connectivity index (χ1) is 8.17. The van der Waals surface area contributed by atoms with Gasteiger partial charge in [-0.2, -0.15) is 0 Å². The molecule has 0 aliphatic rings. The number of pyridine rings is 1. The number of nitrogens with zero attached hydrogens (tertiary/aromatic N) is 1. The predicted molar refractivity (Wildman–Crippen MR) is 75.5 cm³/mol. The molecule has 3 nitrogen and oxygen atoms in total.